The number of ether oxygens (including phenoxy) is 1. The third-order valence-electron chi connectivity index (χ3n) is 1.35. The van der Waals surface area contributed by atoms with Crippen LogP contribution in [0.25, 0.3) is 0 Å². The average Bonchev–Trinajstić information content (AvgIpc) is 2.36. The fourth-order valence-electron chi connectivity index (χ4n) is 0.776. The molecule has 0 saturated heterocycles. The first-order chi connectivity index (χ1) is 4.72. The number of rotatable bonds is 2. The maximum atomic E-state index is 10.2. The van der Waals surface area contributed by atoms with E-state index >= 15 is 0 Å². The second kappa shape index (κ2) is 2.81. The van der Waals surface area contributed by atoms with Gasteiger partial charge in [-0.1, -0.05) is 12.2 Å². The van der Waals surface area contributed by atoms with Crippen molar-refractivity contribution in [3.63, 3.8) is 0 Å². The molecule has 4 nitrogen and oxygen atoms in total. The van der Waals surface area contributed by atoms with E-state index in [9.17, 15) is 4.79 Å². The summed E-state index contributed by atoms with van der Waals surface area (Å²) in [4.78, 5) is 10.2. The second-order valence-electron chi connectivity index (χ2n) is 2.09. The van der Waals surface area contributed by atoms with Crippen LogP contribution in [0.3, 0.4) is 0 Å². The van der Waals surface area contributed by atoms with E-state index in [0.717, 1.165) is 0 Å². The molecule has 0 aromatic heterocycles. The zero-order chi connectivity index (χ0) is 7.56. The largest absolute Gasteiger partial charge is 0.480 e. The molecule has 0 bridgehead atoms. The Morgan fingerprint density at radius 1 is 1.90 bits per heavy atom. The predicted molar refractivity (Wildman–Crippen MR) is 34.5 cm³/mol. The van der Waals surface area contributed by atoms with Gasteiger partial charge in [0.1, 0.15) is 12.1 Å². The highest BCUT2D eigenvalue weighted by Gasteiger charge is 2.24. The van der Waals surface area contributed by atoms with Crippen molar-refractivity contribution in [1.82, 2.24) is 0 Å². The average molecular weight is 143 g/mol. The summed E-state index contributed by atoms with van der Waals surface area (Å²) < 4.78 is 4.96. The molecule has 1 aliphatic heterocycles. The number of carbonyl (C=O) groups is 1. The third-order valence-corrected chi connectivity index (χ3v) is 1.35. The molecule has 1 heterocycles. The van der Waals surface area contributed by atoms with Gasteiger partial charge in [-0.25, -0.2) is 0 Å². The van der Waals surface area contributed by atoms with Crippen molar-refractivity contribution in [3.8, 4) is 0 Å². The molecular weight excluding hydrogens is 134 g/mol. The molecule has 1 aliphatic rings. The SMILES string of the molecule is N[C@@H](C(=O)O)[C@H]1C=CCO1. The van der Waals surface area contributed by atoms with Gasteiger partial charge in [0.05, 0.1) is 6.61 Å². The molecule has 0 aliphatic carbocycles. The number of carboxylic acid groups (broad SMARTS) is 1. The number of carboxylic acids is 1. The Kier molecular flexibility index (Phi) is 2.03. The minimum Gasteiger partial charge on any atom is -0.480 e. The molecule has 0 unspecified atom stereocenters. The normalized spacial score (nSPS) is 26.7. The van der Waals surface area contributed by atoms with E-state index in [2.05, 4.69) is 0 Å². The van der Waals surface area contributed by atoms with Crippen molar-refractivity contribution in [2.45, 2.75) is 12.1 Å². The Bertz CT molecular complexity index is 166. The first-order valence-electron chi connectivity index (χ1n) is 2.98. The molecule has 1 rings (SSSR count). The highest BCUT2D eigenvalue weighted by atomic mass is 16.5. The van der Waals surface area contributed by atoms with Crippen molar-refractivity contribution >= 4 is 5.97 Å². The van der Waals surface area contributed by atoms with Gasteiger partial charge in [0.15, 0.2) is 0 Å². The standard InChI is InChI=1S/C6H9NO3/c7-5(6(8)9)4-2-1-3-10-4/h1-2,4-5H,3,7H2,(H,8,9)/t4-,5-/m1/s1. The van der Waals surface area contributed by atoms with E-state index in [1.54, 1.807) is 12.2 Å². The first-order valence-corrected chi connectivity index (χ1v) is 2.98. The van der Waals surface area contributed by atoms with Crippen molar-refractivity contribution in [2.75, 3.05) is 6.61 Å². The molecule has 0 spiro atoms. The molecule has 0 saturated carbocycles. The highest BCUT2D eigenvalue weighted by Crippen LogP contribution is 2.06. The van der Waals surface area contributed by atoms with Crippen LogP contribution < -0.4 is 5.73 Å². The zero-order valence-corrected chi connectivity index (χ0v) is 5.36. The van der Waals surface area contributed by atoms with Crippen LogP contribution in [0.15, 0.2) is 12.2 Å². The molecule has 3 N–H and O–H groups in total. The topological polar surface area (TPSA) is 72.6 Å². The lowest BCUT2D eigenvalue weighted by Gasteiger charge is -2.11. The first kappa shape index (κ1) is 7.24. The zero-order valence-electron chi connectivity index (χ0n) is 5.36. The molecule has 0 radical (unpaired) electrons. The van der Waals surface area contributed by atoms with Crippen molar-refractivity contribution in [2.24, 2.45) is 5.73 Å². The summed E-state index contributed by atoms with van der Waals surface area (Å²) in [7, 11) is 0. The Morgan fingerprint density at radius 2 is 2.60 bits per heavy atom. The lowest BCUT2D eigenvalue weighted by Crippen LogP contribution is -2.40. The summed E-state index contributed by atoms with van der Waals surface area (Å²) in [5, 5.41) is 8.40. The molecule has 56 valence electrons. The molecule has 0 amide bonds. The Morgan fingerprint density at radius 3 is 3.00 bits per heavy atom. The fourth-order valence-corrected chi connectivity index (χ4v) is 0.776. The smallest absolute Gasteiger partial charge is 0.323 e. The summed E-state index contributed by atoms with van der Waals surface area (Å²) in [6.07, 6.45) is 2.98. The molecule has 2 atom stereocenters. The molecular formula is C6H9NO3. The molecule has 0 fully saturated rings. The van der Waals surface area contributed by atoms with Crippen LogP contribution in [0.5, 0.6) is 0 Å². The predicted octanol–water partition coefficient (Wildman–Crippen LogP) is -0.647. The minimum absolute atomic E-state index is 0.447. The van der Waals surface area contributed by atoms with Crippen LogP contribution in [-0.4, -0.2) is 29.8 Å². The van der Waals surface area contributed by atoms with Crippen LogP contribution in [0, 0.1) is 0 Å². The highest BCUT2D eigenvalue weighted by molar-refractivity contribution is 5.74. The van der Waals surface area contributed by atoms with Gasteiger partial charge < -0.3 is 15.6 Å². The van der Waals surface area contributed by atoms with E-state index in [0.29, 0.717) is 6.61 Å². The molecule has 10 heavy (non-hydrogen) atoms. The fraction of sp³-hybridized carbons (Fsp3) is 0.500. The van der Waals surface area contributed by atoms with Crippen LogP contribution in [0.4, 0.5) is 0 Å². The van der Waals surface area contributed by atoms with Crippen LogP contribution in [0.2, 0.25) is 0 Å². The molecule has 4 heteroatoms. The maximum absolute atomic E-state index is 10.2. The summed E-state index contributed by atoms with van der Waals surface area (Å²) in [5.74, 6) is -1.03. The van der Waals surface area contributed by atoms with Gasteiger partial charge >= 0.3 is 5.97 Å². The second-order valence-corrected chi connectivity index (χ2v) is 2.09. The van der Waals surface area contributed by atoms with Crippen LogP contribution >= 0.6 is 0 Å². The number of hydrogen-bond acceptors (Lipinski definition) is 3. The van der Waals surface area contributed by atoms with Crippen molar-refractivity contribution in [3.05, 3.63) is 12.2 Å². The van der Waals surface area contributed by atoms with E-state index in [1.807, 2.05) is 0 Å². The van der Waals surface area contributed by atoms with Gasteiger partial charge in [0.25, 0.3) is 0 Å². The Balaban J connectivity index is 2.48. The Labute approximate surface area is 58.3 Å². The van der Waals surface area contributed by atoms with E-state index < -0.39 is 18.1 Å². The van der Waals surface area contributed by atoms with Crippen LogP contribution in [-0.2, 0) is 9.53 Å². The van der Waals surface area contributed by atoms with Gasteiger partial charge in [0, 0.05) is 0 Å². The van der Waals surface area contributed by atoms with Gasteiger partial charge in [0.2, 0.25) is 0 Å². The monoisotopic (exact) mass is 143 g/mol. The van der Waals surface area contributed by atoms with Crippen LogP contribution in [0.1, 0.15) is 0 Å². The summed E-state index contributed by atoms with van der Waals surface area (Å²) in [6.45, 7) is 0.464. The molecule has 0 aromatic carbocycles. The quantitative estimate of drug-likeness (QED) is 0.504. The van der Waals surface area contributed by atoms with E-state index in [1.165, 1.54) is 0 Å². The number of aliphatic carboxylic acids is 1. The summed E-state index contributed by atoms with van der Waals surface area (Å²) in [5.41, 5.74) is 5.25. The number of nitrogens with two attached hydrogens (primary N) is 1. The minimum atomic E-state index is -1.03. The summed E-state index contributed by atoms with van der Waals surface area (Å²) >= 11 is 0. The molecule has 0 aromatic rings. The van der Waals surface area contributed by atoms with E-state index in [4.69, 9.17) is 15.6 Å². The summed E-state index contributed by atoms with van der Waals surface area (Å²) in [6, 6.07) is -0.932. The van der Waals surface area contributed by atoms with Gasteiger partial charge in [-0.3, -0.25) is 4.79 Å². The lowest BCUT2D eigenvalue weighted by molar-refractivity contribution is -0.140. The van der Waals surface area contributed by atoms with E-state index in [-0.39, 0.29) is 0 Å². The van der Waals surface area contributed by atoms with Gasteiger partial charge in [-0.05, 0) is 0 Å². The Hall–Kier alpha value is -0.870. The lowest BCUT2D eigenvalue weighted by atomic mass is 10.2. The van der Waals surface area contributed by atoms with Crippen molar-refractivity contribution < 1.29 is 14.6 Å². The van der Waals surface area contributed by atoms with Gasteiger partial charge in [-0.2, -0.15) is 0 Å². The van der Waals surface area contributed by atoms with Gasteiger partial charge in [-0.15, -0.1) is 0 Å². The third kappa shape index (κ3) is 1.34. The number of hydrogen-bond donors (Lipinski definition) is 2. The maximum Gasteiger partial charge on any atom is 0.323 e. The van der Waals surface area contributed by atoms with Crippen molar-refractivity contribution in [1.29, 1.82) is 0 Å².